The van der Waals surface area contributed by atoms with Gasteiger partial charge in [0.05, 0.1) is 28.5 Å². The van der Waals surface area contributed by atoms with Crippen molar-refractivity contribution in [3.05, 3.63) is 44.8 Å². The Labute approximate surface area is 127 Å². The van der Waals surface area contributed by atoms with Crippen molar-refractivity contribution < 1.29 is 4.74 Å². The highest BCUT2D eigenvalue weighted by molar-refractivity contribution is 7.20. The Morgan fingerprint density at radius 3 is 2.90 bits per heavy atom. The van der Waals surface area contributed by atoms with Gasteiger partial charge in [0.25, 0.3) is 5.56 Å². The molecule has 0 saturated carbocycles. The lowest BCUT2D eigenvalue weighted by molar-refractivity contribution is 0.415. The van der Waals surface area contributed by atoms with Crippen LogP contribution in [0.15, 0.2) is 29.2 Å². The Balaban J connectivity index is 2.20. The smallest absolute Gasteiger partial charge is 0.293 e. The number of hydrogen-bond acceptors (Lipinski definition) is 5. The van der Waals surface area contributed by atoms with Gasteiger partial charge in [-0.05, 0) is 18.2 Å². The first-order valence-corrected chi connectivity index (χ1v) is 7.05. The van der Waals surface area contributed by atoms with Crippen LogP contribution in [0.4, 0.5) is 0 Å². The molecule has 3 aromatic rings. The van der Waals surface area contributed by atoms with Crippen LogP contribution in [0.3, 0.4) is 0 Å². The lowest BCUT2D eigenvalue weighted by Gasteiger charge is -2.00. The molecule has 2 aromatic heterocycles. The van der Waals surface area contributed by atoms with Crippen LogP contribution in [0.1, 0.15) is 0 Å². The minimum atomic E-state index is -0.495. The van der Waals surface area contributed by atoms with Crippen LogP contribution in [0, 0.1) is 0 Å². The molecule has 0 aliphatic heterocycles. The maximum Gasteiger partial charge on any atom is 0.293 e. The van der Waals surface area contributed by atoms with Gasteiger partial charge in [-0.15, -0.1) is 0 Å². The van der Waals surface area contributed by atoms with Gasteiger partial charge < -0.3 is 4.74 Å². The Morgan fingerprint density at radius 1 is 1.35 bits per heavy atom. The van der Waals surface area contributed by atoms with Crippen molar-refractivity contribution in [3.63, 3.8) is 0 Å². The van der Waals surface area contributed by atoms with E-state index in [1.807, 2.05) is 12.1 Å². The Morgan fingerprint density at radius 2 is 2.15 bits per heavy atom. The molecule has 3 rings (SSSR count). The molecule has 8 heteroatoms. The summed E-state index contributed by atoms with van der Waals surface area (Å²) in [4.78, 5) is 16.4. The van der Waals surface area contributed by atoms with Crippen molar-refractivity contribution in [1.82, 2.24) is 14.8 Å². The summed E-state index contributed by atoms with van der Waals surface area (Å²) in [5.74, 6) is 0.724. The molecule has 0 spiro atoms. The monoisotopic (exact) mass is 327 g/mol. The number of ether oxygens (including phenoxy) is 1. The number of thiazole rings is 1. The van der Waals surface area contributed by atoms with E-state index in [4.69, 9.17) is 27.9 Å². The van der Waals surface area contributed by atoms with Gasteiger partial charge in [-0.2, -0.15) is 9.78 Å². The molecule has 0 aliphatic rings. The Hall–Kier alpha value is -1.63. The number of halogens is 2. The third-order valence-electron chi connectivity index (χ3n) is 2.64. The van der Waals surface area contributed by atoms with Crippen molar-refractivity contribution in [2.75, 3.05) is 7.11 Å². The minimum Gasteiger partial charge on any atom is -0.497 e. The van der Waals surface area contributed by atoms with Crippen molar-refractivity contribution in [1.29, 1.82) is 0 Å². The van der Waals surface area contributed by atoms with E-state index in [1.165, 1.54) is 17.5 Å². The Bertz CT molecular complexity index is 860. The second-order valence-corrected chi connectivity index (χ2v) is 5.65. The summed E-state index contributed by atoms with van der Waals surface area (Å²) >= 11 is 12.9. The average Bonchev–Trinajstić information content (AvgIpc) is 2.87. The zero-order valence-electron chi connectivity index (χ0n) is 10.1. The van der Waals surface area contributed by atoms with Crippen LogP contribution in [0.2, 0.25) is 10.0 Å². The maximum absolute atomic E-state index is 12.0. The molecule has 0 unspecified atom stereocenters. The summed E-state index contributed by atoms with van der Waals surface area (Å²) < 4.78 is 7.17. The molecule has 0 fully saturated rings. The number of methoxy groups -OCH3 is 1. The van der Waals surface area contributed by atoms with Crippen molar-refractivity contribution in [3.8, 4) is 10.9 Å². The van der Waals surface area contributed by atoms with Gasteiger partial charge in [0.15, 0.2) is 0 Å². The number of benzene rings is 1. The molecular weight excluding hydrogens is 321 g/mol. The summed E-state index contributed by atoms with van der Waals surface area (Å²) in [5, 5.41) is 4.43. The van der Waals surface area contributed by atoms with E-state index in [-0.39, 0.29) is 10.0 Å². The second kappa shape index (κ2) is 5.05. The maximum atomic E-state index is 12.0. The summed E-state index contributed by atoms with van der Waals surface area (Å²) in [6.07, 6.45) is 1.32. The summed E-state index contributed by atoms with van der Waals surface area (Å²) in [5.41, 5.74) is 0.260. The molecule has 102 valence electrons. The van der Waals surface area contributed by atoms with Gasteiger partial charge in [-0.25, -0.2) is 4.98 Å². The summed E-state index contributed by atoms with van der Waals surface area (Å²) in [6, 6.07) is 5.46. The second-order valence-electron chi connectivity index (χ2n) is 3.85. The molecule has 0 aliphatic carbocycles. The predicted octanol–water partition coefficient (Wildman–Crippen LogP) is 3.16. The van der Waals surface area contributed by atoms with Gasteiger partial charge in [-0.1, -0.05) is 34.5 Å². The molecule has 0 amide bonds. The van der Waals surface area contributed by atoms with Crippen LogP contribution in [0.5, 0.6) is 5.75 Å². The first kappa shape index (κ1) is 13.4. The third-order valence-corrected chi connectivity index (χ3v) is 4.38. The largest absolute Gasteiger partial charge is 0.497 e. The van der Waals surface area contributed by atoms with Crippen LogP contribution in [0.25, 0.3) is 15.3 Å². The number of hydrogen-bond donors (Lipinski definition) is 0. The molecular formula is C12H7Cl2N3O2S. The van der Waals surface area contributed by atoms with Crippen LogP contribution >= 0.6 is 34.5 Å². The van der Waals surface area contributed by atoms with E-state index in [0.717, 1.165) is 20.6 Å². The topological polar surface area (TPSA) is 57.0 Å². The molecule has 2 heterocycles. The van der Waals surface area contributed by atoms with Gasteiger partial charge in [0.1, 0.15) is 10.8 Å². The number of fused-ring (bicyclic) bond motifs is 1. The Kier molecular flexibility index (Phi) is 3.37. The highest BCUT2D eigenvalue weighted by atomic mass is 35.5. The number of aromatic nitrogens is 3. The van der Waals surface area contributed by atoms with E-state index in [2.05, 4.69) is 10.1 Å². The summed E-state index contributed by atoms with van der Waals surface area (Å²) in [7, 11) is 1.59. The van der Waals surface area contributed by atoms with Crippen molar-refractivity contribution >= 4 is 44.8 Å². The molecule has 0 radical (unpaired) electrons. The van der Waals surface area contributed by atoms with Crippen molar-refractivity contribution in [2.45, 2.75) is 0 Å². The highest BCUT2D eigenvalue weighted by Gasteiger charge is 2.13. The van der Waals surface area contributed by atoms with Crippen molar-refractivity contribution in [2.24, 2.45) is 0 Å². The first-order valence-electron chi connectivity index (χ1n) is 5.48. The predicted molar refractivity (Wildman–Crippen MR) is 79.6 cm³/mol. The van der Waals surface area contributed by atoms with Gasteiger partial charge >= 0.3 is 0 Å². The standard InChI is InChI=1S/C12H7Cl2N3O2S/c1-19-6-2-3-8-9(4-6)20-12(16-8)17-11(18)10(14)7(13)5-15-17/h2-5H,1H3. The fraction of sp³-hybridized carbons (Fsp3) is 0.0833. The highest BCUT2D eigenvalue weighted by Crippen LogP contribution is 2.28. The zero-order chi connectivity index (χ0) is 14.3. The fourth-order valence-corrected chi connectivity index (χ4v) is 2.86. The molecule has 1 aromatic carbocycles. The zero-order valence-corrected chi connectivity index (χ0v) is 12.5. The van der Waals surface area contributed by atoms with E-state index in [0.29, 0.717) is 5.13 Å². The lowest BCUT2D eigenvalue weighted by atomic mass is 10.3. The van der Waals surface area contributed by atoms with E-state index < -0.39 is 5.56 Å². The van der Waals surface area contributed by atoms with Crippen LogP contribution in [-0.2, 0) is 0 Å². The SMILES string of the molecule is COc1ccc2nc(-n3ncc(Cl)c(Cl)c3=O)sc2c1. The van der Waals surface area contributed by atoms with Crippen LogP contribution < -0.4 is 10.3 Å². The van der Waals surface area contributed by atoms with Gasteiger partial charge in [-0.3, -0.25) is 4.79 Å². The molecule has 0 saturated heterocycles. The first-order chi connectivity index (χ1) is 9.60. The van der Waals surface area contributed by atoms with E-state index in [9.17, 15) is 4.79 Å². The summed E-state index contributed by atoms with van der Waals surface area (Å²) in [6.45, 7) is 0. The van der Waals surface area contributed by atoms with E-state index >= 15 is 0 Å². The molecule has 0 N–H and O–H groups in total. The molecule has 0 atom stereocenters. The van der Waals surface area contributed by atoms with Gasteiger partial charge in [0, 0.05) is 0 Å². The number of rotatable bonds is 2. The fourth-order valence-electron chi connectivity index (χ4n) is 1.66. The third kappa shape index (κ3) is 2.15. The minimum absolute atomic E-state index is 0.0708. The van der Waals surface area contributed by atoms with Gasteiger partial charge in [0.2, 0.25) is 5.13 Å². The van der Waals surface area contributed by atoms with E-state index in [1.54, 1.807) is 13.2 Å². The molecule has 20 heavy (non-hydrogen) atoms. The van der Waals surface area contributed by atoms with Crippen LogP contribution in [-0.4, -0.2) is 21.9 Å². The quantitative estimate of drug-likeness (QED) is 0.725. The number of nitrogens with zero attached hydrogens (tertiary/aromatic N) is 3. The lowest BCUT2D eigenvalue weighted by Crippen LogP contribution is -2.21. The molecule has 0 bridgehead atoms. The molecule has 5 nitrogen and oxygen atoms in total. The normalized spacial score (nSPS) is 10.9. The average molecular weight is 328 g/mol.